The summed E-state index contributed by atoms with van der Waals surface area (Å²) in [5.74, 6) is 0.603. The Morgan fingerprint density at radius 1 is 1.25 bits per heavy atom. The van der Waals surface area contributed by atoms with Crippen LogP contribution < -0.4 is 10.6 Å². The van der Waals surface area contributed by atoms with Crippen molar-refractivity contribution in [3.63, 3.8) is 0 Å². The Balaban J connectivity index is 2.22. The van der Waals surface area contributed by atoms with Gasteiger partial charge < -0.3 is 15.7 Å². The largest absolute Gasteiger partial charge is 0.395 e. The third-order valence-corrected chi connectivity index (χ3v) is 2.88. The van der Waals surface area contributed by atoms with Gasteiger partial charge in [0.15, 0.2) is 0 Å². The molecule has 0 radical (unpaired) electrons. The molecule has 104 valence electrons. The summed E-state index contributed by atoms with van der Waals surface area (Å²) in [7, 11) is 1.81. The van der Waals surface area contributed by atoms with Crippen molar-refractivity contribution < 1.29 is 9.90 Å². The predicted octanol–water partition coefficient (Wildman–Crippen LogP) is 1.51. The van der Waals surface area contributed by atoms with E-state index >= 15 is 0 Å². The molecule has 2 rings (SSSR count). The maximum absolute atomic E-state index is 11.8. The van der Waals surface area contributed by atoms with Crippen LogP contribution in [-0.2, 0) is 0 Å². The smallest absolute Gasteiger partial charge is 0.251 e. The summed E-state index contributed by atoms with van der Waals surface area (Å²) < 4.78 is 0. The van der Waals surface area contributed by atoms with Crippen molar-refractivity contribution in [2.75, 3.05) is 25.5 Å². The second-order valence-electron chi connectivity index (χ2n) is 4.24. The van der Waals surface area contributed by atoms with Crippen LogP contribution >= 0.6 is 0 Å². The molecule has 5 nitrogen and oxygen atoms in total. The summed E-state index contributed by atoms with van der Waals surface area (Å²) in [6.07, 6.45) is 1.76. The SMILES string of the molecule is CNc1ccc(-c2cccc(C(=O)NCCO)c2)cn1. The Labute approximate surface area is 117 Å². The number of nitrogens with zero attached hydrogens (tertiary/aromatic N) is 1. The van der Waals surface area contributed by atoms with Crippen LogP contribution in [0.4, 0.5) is 5.82 Å². The van der Waals surface area contributed by atoms with Crippen molar-refractivity contribution in [1.82, 2.24) is 10.3 Å². The molecule has 3 N–H and O–H groups in total. The van der Waals surface area contributed by atoms with Gasteiger partial charge in [0, 0.05) is 30.9 Å². The fraction of sp³-hybridized carbons (Fsp3) is 0.200. The summed E-state index contributed by atoms with van der Waals surface area (Å²) in [4.78, 5) is 16.1. The Hall–Kier alpha value is -2.40. The number of aliphatic hydroxyl groups is 1. The van der Waals surface area contributed by atoms with E-state index in [4.69, 9.17) is 5.11 Å². The van der Waals surface area contributed by atoms with Gasteiger partial charge in [-0.1, -0.05) is 12.1 Å². The van der Waals surface area contributed by atoms with E-state index in [9.17, 15) is 4.79 Å². The van der Waals surface area contributed by atoms with Crippen molar-refractivity contribution in [1.29, 1.82) is 0 Å². The summed E-state index contributed by atoms with van der Waals surface area (Å²) in [6.45, 7) is 0.183. The van der Waals surface area contributed by atoms with Crippen molar-refractivity contribution in [3.8, 4) is 11.1 Å². The molecule has 0 fully saturated rings. The van der Waals surface area contributed by atoms with Crippen LogP contribution in [0.1, 0.15) is 10.4 Å². The monoisotopic (exact) mass is 271 g/mol. The quantitative estimate of drug-likeness (QED) is 0.770. The van der Waals surface area contributed by atoms with E-state index in [0.29, 0.717) is 5.56 Å². The number of carbonyl (C=O) groups is 1. The van der Waals surface area contributed by atoms with Gasteiger partial charge in [0.1, 0.15) is 5.82 Å². The number of nitrogens with one attached hydrogen (secondary N) is 2. The van der Waals surface area contributed by atoms with Gasteiger partial charge in [-0.25, -0.2) is 4.98 Å². The molecule has 0 saturated heterocycles. The highest BCUT2D eigenvalue weighted by molar-refractivity contribution is 5.95. The number of hydrogen-bond donors (Lipinski definition) is 3. The highest BCUT2D eigenvalue weighted by Crippen LogP contribution is 2.20. The molecular formula is C15H17N3O2. The van der Waals surface area contributed by atoms with E-state index in [1.54, 1.807) is 12.3 Å². The standard InChI is InChI=1S/C15H17N3O2/c1-16-14-6-5-13(10-18-14)11-3-2-4-12(9-11)15(20)17-7-8-19/h2-6,9-10,19H,7-8H2,1H3,(H,16,18)(H,17,20). The van der Waals surface area contributed by atoms with Crippen molar-refractivity contribution in [2.24, 2.45) is 0 Å². The van der Waals surface area contributed by atoms with Gasteiger partial charge in [-0.2, -0.15) is 0 Å². The number of rotatable bonds is 5. The minimum Gasteiger partial charge on any atom is -0.395 e. The molecule has 0 unspecified atom stereocenters. The third-order valence-electron chi connectivity index (χ3n) is 2.88. The number of carbonyl (C=O) groups excluding carboxylic acids is 1. The molecule has 0 aliphatic heterocycles. The molecule has 0 saturated carbocycles. The van der Waals surface area contributed by atoms with Crippen LogP contribution in [0.25, 0.3) is 11.1 Å². The molecular weight excluding hydrogens is 254 g/mol. The lowest BCUT2D eigenvalue weighted by Crippen LogP contribution is -2.26. The number of pyridine rings is 1. The summed E-state index contributed by atoms with van der Waals surface area (Å²) in [5, 5.41) is 14.3. The van der Waals surface area contributed by atoms with E-state index in [2.05, 4.69) is 15.6 Å². The zero-order valence-electron chi connectivity index (χ0n) is 11.3. The lowest BCUT2D eigenvalue weighted by molar-refractivity contribution is 0.0945. The predicted molar refractivity (Wildman–Crippen MR) is 78.6 cm³/mol. The maximum Gasteiger partial charge on any atom is 0.251 e. The first-order valence-electron chi connectivity index (χ1n) is 6.38. The molecule has 0 bridgehead atoms. The molecule has 20 heavy (non-hydrogen) atoms. The summed E-state index contributed by atoms with van der Waals surface area (Å²) >= 11 is 0. The molecule has 2 aromatic rings. The lowest BCUT2D eigenvalue weighted by atomic mass is 10.0. The second kappa shape index (κ2) is 6.68. The van der Waals surface area contributed by atoms with Gasteiger partial charge in [-0.3, -0.25) is 4.79 Å². The fourth-order valence-corrected chi connectivity index (χ4v) is 1.82. The van der Waals surface area contributed by atoms with Crippen molar-refractivity contribution in [2.45, 2.75) is 0 Å². The van der Waals surface area contributed by atoms with E-state index in [1.165, 1.54) is 0 Å². The van der Waals surface area contributed by atoms with Gasteiger partial charge in [-0.15, -0.1) is 0 Å². The Kier molecular flexibility index (Phi) is 4.68. The Morgan fingerprint density at radius 3 is 2.75 bits per heavy atom. The lowest BCUT2D eigenvalue weighted by Gasteiger charge is -2.07. The van der Waals surface area contributed by atoms with Crippen LogP contribution in [0.5, 0.6) is 0 Å². The van der Waals surface area contributed by atoms with Gasteiger partial charge in [0.2, 0.25) is 0 Å². The maximum atomic E-state index is 11.8. The van der Waals surface area contributed by atoms with Crippen molar-refractivity contribution >= 4 is 11.7 Å². The van der Waals surface area contributed by atoms with Gasteiger partial charge in [-0.05, 0) is 29.8 Å². The van der Waals surface area contributed by atoms with E-state index < -0.39 is 0 Å². The first-order chi connectivity index (χ1) is 9.74. The molecule has 1 aromatic carbocycles. The minimum absolute atomic E-state index is 0.0686. The molecule has 0 spiro atoms. The number of amides is 1. The van der Waals surface area contributed by atoms with E-state index in [-0.39, 0.29) is 19.1 Å². The second-order valence-corrected chi connectivity index (χ2v) is 4.24. The van der Waals surface area contributed by atoms with Gasteiger partial charge in [0.05, 0.1) is 6.61 Å². The average molecular weight is 271 g/mol. The molecule has 0 atom stereocenters. The molecule has 5 heteroatoms. The molecule has 0 aliphatic rings. The van der Waals surface area contributed by atoms with Crippen LogP contribution in [0.3, 0.4) is 0 Å². The molecule has 0 aliphatic carbocycles. The molecule has 1 aromatic heterocycles. The normalized spacial score (nSPS) is 10.1. The van der Waals surface area contributed by atoms with E-state index in [0.717, 1.165) is 16.9 Å². The number of anilines is 1. The number of hydrogen-bond acceptors (Lipinski definition) is 4. The minimum atomic E-state index is -0.194. The topological polar surface area (TPSA) is 74.2 Å². The number of aliphatic hydroxyl groups excluding tert-OH is 1. The third kappa shape index (κ3) is 3.33. The van der Waals surface area contributed by atoms with Crippen molar-refractivity contribution in [3.05, 3.63) is 48.2 Å². The average Bonchev–Trinajstić information content (AvgIpc) is 2.52. The zero-order valence-corrected chi connectivity index (χ0v) is 11.3. The van der Waals surface area contributed by atoms with E-state index in [1.807, 2.05) is 37.4 Å². The Bertz CT molecular complexity index is 582. The molecule has 1 amide bonds. The first kappa shape index (κ1) is 14.0. The Morgan fingerprint density at radius 2 is 2.10 bits per heavy atom. The van der Waals surface area contributed by atoms with Gasteiger partial charge >= 0.3 is 0 Å². The summed E-state index contributed by atoms with van der Waals surface area (Å²) in [5.41, 5.74) is 2.44. The number of benzene rings is 1. The summed E-state index contributed by atoms with van der Waals surface area (Å²) in [6, 6.07) is 11.1. The van der Waals surface area contributed by atoms with Crippen LogP contribution in [0.15, 0.2) is 42.6 Å². The van der Waals surface area contributed by atoms with Crippen LogP contribution in [0.2, 0.25) is 0 Å². The highest BCUT2D eigenvalue weighted by atomic mass is 16.3. The van der Waals surface area contributed by atoms with Gasteiger partial charge in [0.25, 0.3) is 5.91 Å². The van der Waals surface area contributed by atoms with Crippen LogP contribution in [-0.4, -0.2) is 36.2 Å². The molecule has 1 heterocycles. The highest BCUT2D eigenvalue weighted by Gasteiger charge is 2.06. The fourth-order valence-electron chi connectivity index (χ4n) is 1.82. The number of aromatic nitrogens is 1. The zero-order chi connectivity index (χ0) is 14.4. The first-order valence-corrected chi connectivity index (χ1v) is 6.38. The van der Waals surface area contributed by atoms with Crippen LogP contribution in [0, 0.1) is 0 Å².